The largest absolute Gasteiger partial charge is 0.308 e. The molecule has 0 aliphatic heterocycles. The smallest absolute Gasteiger partial charge is 0.231 e. The van der Waals surface area contributed by atoms with Crippen molar-refractivity contribution in [2.45, 2.75) is 102 Å². The number of hydrogen-bond acceptors (Lipinski definition) is 2. The SMILES string of the molecule is O=C(Nc1nn(C2CCCCC2)c2c1CCCC2)C12CC3CC(CC(C3)C1)C2. The summed E-state index contributed by atoms with van der Waals surface area (Å²) in [7, 11) is 0. The van der Waals surface area contributed by atoms with Crippen LogP contribution in [0.5, 0.6) is 0 Å². The average molecular weight is 382 g/mol. The Kier molecular flexibility index (Phi) is 4.13. The maximum atomic E-state index is 13.6. The van der Waals surface area contributed by atoms with Gasteiger partial charge in [-0.15, -0.1) is 0 Å². The zero-order chi connectivity index (χ0) is 18.7. The summed E-state index contributed by atoms with van der Waals surface area (Å²) in [6.45, 7) is 0. The fraction of sp³-hybridized carbons (Fsp3) is 0.833. The molecule has 6 aliphatic rings. The monoisotopic (exact) mass is 381 g/mol. The number of aromatic nitrogens is 2. The highest BCUT2D eigenvalue weighted by Gasteiger charge is 2.54. The lowest BCUT2D eigenvalue weighted by Gasteiger charge is -2.55. The van der Waals surface area contributed by atoms with Gasteiger partial charge in [0.15, 0.2) is 5.82 Å². The molecule has 0 radical (unpaired) electrons. The van der Waals surface area contributed by atoms with E-state index in [0.29, 0.717) is 11.9 Å². The third-order valence-electron chi connectivity index (χ3n) is 8.88. The van der Waals surface area contributed by atoms with Gasteiger partial charge in [0.2, 0.25) is 5.91 Å². The zero-order valence-electron chi connectivity index (χ0n) is 17.2. The third kappa shape index (κ3) is 2.77. The second kappa shape index (κ2) is 6.60. The van der Waals surface area contributed by atoms with Gasteiger partial charge in [-0.3, -0.25) is 9.48 Å². The van der Waals surface area contributed by atoms with Crippen molar-refractivity contribution in [3.05, 3.63) is 11.3 Å². The molecule has 4 nitrogen and oxygen atoms in total. The van der Waals surface area contributed by atoms with Gasteiger partial charge in [0.1, 0.15) is 0 Å². The summed E-state index contributed by atoms with van der Waals surface area (Å²) in [6.07, 6.45) is 18.9. The highest BCUT2D eigenvalue weighted by molar-refractivity contribution is 5.95. The maximum Gasteiger partial charge on any atom is 0.231 e. The summed E-state index contributed by atoms with van der Waals surface area (Å²) in [4.78, 5) is 13.6. The first-order valence-corrected chi connectivity index (χ1v) is 12.1. The number of carbonyl (C=O) groups excluding carboxylic acids is 1. The van der Waals surface area contributed by atoms with Crippen molar-refractivity contribution in [2.75, 3.05) is 5.32 Å². The fourth-order valence-electron chi connectivity index (χ4n) is 7.98. The van der Waals surface area contributed by atoms with E-state index in [2.05, 4.69) is 10.00 Å². The summed E-state index contributed by atoms with van der Waals surface area (Å²) in [5.41, 5.74) is 2.74. The molecule has 6 aliphatic carbocycles. The molecule has 1 aromatic heterocycles. The molecule has 0 spiro atoms. The van der Waals surface area contributed by atoms with Gasteiger partial charge in [0.25, 0.3) is 0 Å². The molecule has 5 fully saturated rings. The van der Waals surface area contributed by atoms with Crippen LogP contribution in [0.4, 0.5) is 5.82 Å². The quantitative estimate of drug-likeness (QED) is 0.760. The van der Waals surface area contributed by atoms with Crippen molar-refractivity contribution in [1.29, 1.82) is 0 Å². The van der Waals surface area contributed by atoms with Crippen LogP contribution in [0.15, 0.2) is 0 Å². The lowest BCUT2D eigenvalue weighted by molar-refractivity contribution is -0.140. The second-order valence-corrected chi connectivity index (χ2v) is 10.9. The predicted molar refractivity (Wildman–Crippen MR) is 110 cm³/mol. The van der Waals surface area contributed by atoms with Crippen molar-refractivity contribution in [3.63, 3.8) is 0 Å². The molecule has 5 saturated carbocycles. The van der Waals surface area contributed by atoms with Crippen LogP contribution >= 0.6 is 0 Å². The number of fused-ring (bicyclic) bond motifs is 1. The minimum absolute atomic E-state index is 0.0785. The van der Waals surface area contributed by atoms with Gasteiger partial charge in [0, 0.05) is 11.3 Å². The minimum Gasteiger partial charge on any atom is -0.308 e. The molecule has 152 valence electrons. The van der Waals surface area contributed by atoms with E-state index in [1.807, 2.05) is 0 Å². The van der Waals surface area contributed by atoms with Gasteiger partial charge in [-0.05, 0) is 94.8 Å². The highest BCUT2D eigenvalue weighted by atomic mass is 16.2. The van der Waals surface area contributed by atoms with Crippen molar-refractivity contribution in [3.8, 4) is 0 Å². The van der Waals surface area contributed by atoms with E-state index in [9.17, 15) is 4.79 Å². The molecule has 0 unspecified atom stereocenters. The molecule has 0 atom stereocenters. The molecule has 0 saturated heterocycles. The van der Waals surface area contributed by atoms with Gasteiger partial charge >= 0.3 is 0 Å². The standard InChI is InChI=1S/C24H35N3O/c28-23(24-13-16-10-17(14-24)12-18(11-16)15-24)25-22-20-8-4-5-9-21(20)27(26-22)19-6-2-1-3-7-19/h16-19H,1-15H2,(H,25,26,28). The average Bonchev–Trinajstić information content (AvgIpc) is 3.06. The van der Waals surface area contributed by atoms with E-state index in [-0.39, 0.29) is 5.41 Å². The normalized spacial score (nSPS) is 37.1. The number of nitrogens with zero attached hydrogens (tertiary/aromatic N) is 2. The van der Waals surface area contributed by atoms with Crippen LogP contribution in [0.25, 0.3) is 0 Å². The Balaban J connectivity index is 1.28. The van der Waals surface area contributed by atoms with Crippen molar-refractivity contribution >= 4 is 11.7 Å². The molecule has 0 aromatic carbocycles. The first kappa shape index (κ1) is 17.5. The van der Waals surface area contributed by atoms with Crippen LogP contribution in [0, 0.1) is 23.2 Å². The van der Waals surface area contributed by atoms with Gasteiger partial charge in [-0.1, -0.05) is 19.3 Å². The van der Waals surface area contributed by atoms with Crippen LogP contribution < -0.4 is 5.32 Å². The Bertz CT molecular complexity index is 738. The Morgan fingerprint density at radius 3 is 2.21 bits per heavy atom. The third-order valence-corrected chi connectivity index (χ3v) is 8.88. The van der Waals surface area contributed by atoms with E-state index < -0.39 is 0 Å². The van der Waals surface area contributed by atoms with Crippen molar-refractivity contribution in [1.82, 2.24) is 9.78 Å². The van der Waals surface area contributed by atoms with Crippen LogP contribution in [0.2, 0.25) is 0 Å². The van der Waals surface area contributed by atoms with Gasteiger partial charge in [-0.25, -0.2) is 0 Å². The molecule has 28 heavy (non-hydrogen) atoms. The molecule has 1 aromatic rings. The number of nitrogens with one attached hydrogen (secondary N) is 1. The Hall–Kier alpha value is -1.32. The number of anilines is 1. The van der Waals surface area contributed by atoms with Gasteiger partial charge < -0.3 is 5.32 Å². The number of carbonyl (C=O) groups is 1. The van der Waals surface area contributed by atoms with E-state index in [1.165, 1.54) is 75.5 Å². The van der Waals surface area contributed by atoms with Crippen LogP contribution in [-0.2, 0) is 17.6 Å². The molecule has 1 N–H and O–H groups in total. The van der Waals surface area contributed by atoms with Crippen LogP contribution in [0.3, 0.4) is 0 Å². The minimum atomic E-state index is -0.0785. The van der Waals surface area contributed by atoms with Crippen LogP contribution in [0.1, 0.15) is 101 Å². The molecule has 4 bridgehead atoms. The molecule has 1 heterocycles. The fourth-order valence-corrected chi connectivity index (χ4v) is 7.98. The molecule has 4 heteroatoms. The second-order valence-electron chi connectivity index (χ2n) is 10.9. The zero-order valence-corrected chi connectivity index (χ0v) is 17.2. The number of rotatable bonds is 3. The summed E-state index contributed by atoms with van der Waals surface area (Å²) in [6, 6.07) is 0.561. The van der Waals surface area contributed by atoms with Gasteiger partial charge in [-0.2, -0.15) is 5.10 Å². The van der Waals surface area contributed by atoms with Crippen LogP contribution in [-0.4, -0.2) is 15.7 Å². The van der Waals surface area contributed by atoms with E-state index in [0.717, 1.165) is 55.7 Å². The summed E-state index contributed by atoms with van der Waals surface area (Å²) in [5.74, 6) is 3.68. The topological polar surface area (TPSA) is 46.9 Å². The van der Waals surface area contributed by atoms with E-state index >= 15 is 0 Å². The van der Waals surface area contributed by atoms with E-state index in [4.69, 9.17) is 5.10 Å². The Morgan fingerprint density at radius 1 is 0.893 bits per heavy atom. The predicted octanol–water partition coefficient (Wildman–Crippen LogP) is 5.42. The molecular weight excluding hydrogens is 346 g/mol. The Labute approximate surface area is 168 Å². The van der Waals surface area contributed by atoms with E-state index in [1.54, 1.807) is 0 Å². The summed E-state index contributed by atoms with van der Waals surface area (Å²) >= 11 is 0. The first-order chi connectivity index (χ1) is 13.7. The molecule has 1 amide bonds. The lowest BCUT2D eigenvalue weighted by Crippen LogP contribution is -2.51. The summed E-state index contributed by atoms with van der Waals surface area (Å²) < 4.78 is 2.35. The number of amides is 1. The summed E-state index contributed by atoms with van der Waals surface area (Å²) in [5, 5.41) is 8.48. The van der Waals surface area contributed by atoms with Crippen molar-refractivity contribution < 1.29 is 4.79 Å². The lowest BCUT2D eigenvalue weighted by atomic mass is 9.49. The Morgan fingerprint density at radius 2 is 1.54 bits per heavy atom. The first-order valence-electron chi connectivity index (χ1n) is 12.1. The molecule has 7 rings (SSSR count). The highest BCUT2D eigenvalue weighted by Crippen LogP contribution is 2.60. The maximum absolute atomic E-state index is 13.6. The number of hydrogen-bond donors (Lipinski definition) is 1. The molecular formula is C24H35N3O. The van der Waals surface area contributed by atoms with Gasteiger partial charge in [0.05, 0.1) is 11.5 Å². The van der Waals surface area contributed by atoms with Crippen molar-refractivity contribution in [2.24, 2.45) is 23.2 Å².